The van der Waals surface area contributed by atoms with Gasteiger partial charge in [-0.05, 0) is 73.5 Å². The monoisotopic (exact) mass is 503 g/mol. The number of halogens is 1. The number of amides is 1. The summed E-state index contributed by atoms with van der Waals surface area (Å²) in [5, 5.41) is 0.0704. The molecule has 37 heavy (non-hydrogen) atoms. The summed E-state index contributed by atoms with van der Waals surface area (Å²) < 4.78 is 36.9. The fourth-order valence-corrected chi connectivity index (χ4v) is 4.56. The molecule has 3 aromatic carbocycles. The fourth-order valence-electron chi connectivity index (χ4n) is 4.56. The Labute approximate surface area is 213 Å². The Bertz CT molecular complexity index is 1530. The van der Waals surface area contributed by atoms with Crippen LogP contribution in [0.4, 0.5) is 10.1 Å². The SMILES string of the molecule is CCCOc1ccc(C2c3c(oc4ccc(F)cc4c3=O)C(=O)N2c2ccc(OC)cc2)cc1OCC. The van der Waals surface area contributed by atoms with Gasteiger partial charge in [0.25, 0.3) is 5.91 Å². The number of benzene rings is 3. The van der Waals surface area contributed by atoms with Crippen molar-refractivity contribution in [1.82, 2.24) is 0 Å². The van der Waals surface area contributed by atoms with E-state index >= 15 is 0 Å². The molecule has 1 unspecified atom stereocenters. The highest BCUT2D eigenvalue weighted by Crippen LogP contribution is 2.43. The summed E-state index contributed by atoms with van der Waals surface area (Å²) in [5.74, 6) is 0.576. The summed E-state index contributed by atoms with van der Waals surface area (Å²) >= 11 is 0. The number of hydrogen-bond acceptors (Lipinski definition) is 6. The van der Waals surface area contributed by atoms with Crippen molar-refractivity contribution < 1.29 is 27.8 Å². The van der Waals surface area contributed by atoms with Crippen LogP contribution < -0.4 is 24.5 Å². The summed E-state index contributed by atoms with van der Waals surface area (Å²) in [5.41, 5.74) is 0.990. The van der Waals surface area contributed by atoms with Crippen LogP contribution in [0.25, 0.3) is 11.0 Å². The molecule has 1 aliphatic rings. The van der Waals surface area contributed by atoms with E-state index in [0.29, 0.717) is 41.7 Å². The van der Waals surface area contributed by atoms with Crippen molar-refractivity contribution in [3.05, 3.63) is 93.6 Å². The number of anilines is 1. The Hall–Kier alpha value is -4.33. The number of nitrogens with zero attached hydrogens (tertiary/aromatic N) is 1. The summed E-state index contributed by atoms with van der Waals surface area (Å²) in [6.45, 7) is 4.79. The van der Waals surface area contributed by atoms with Crippen LogP contribution in [-0.4, -0.2) is 26.2 Å². The van der Waals surface area contributed by atoms with Crippen molar-refractivity contribution in [1.29, 1.82) is 0 Å². The first-order chi connectivity index (χ1) is 18.0. The Balaban J connectivity index is 1.74. The van der Waals surface area contributed by atoms with E-state index in [9.17, 15) is 14.0 Å². The van der Waals surface area contributed by atoms with Gasteiger partial charge in [-0.25, -0.2) is 4.39 Å². The van der Waals surface area contributed by atoms with Crippen molar-refractivity contribution in [2.75, 3.05) is 25.2 Å². The van der Waals surface area contributed by atoms with Gasteiger partial charge < -0.3 is 18.6 Å². The van der Waals surface area contributed by atoms with Gasteiger partial charge in [0.1, 0.15) is 17.1 Å². The van der Waals surface area contributed by atoms with Crippen molar-refractivity contribution in [2.24, 2.45) is 0 Å². The van der Waals surface area contributed by atoms with E-state index in [-0.39, 0.29) is 22.3 Å². The molecule has 0 saturated heterocycles. The average molecular weight is 504 g/mol. The molecule has 0 radical (unpaired) electrons. The van der Waals surface area contributed by atoms with Gasteiger partial charge in [0.05, 0.1) is 37.3 Å². The van der Waals surface area contributed by atoms with Gasteiger partial charge in [-0.15, -0.1) is 0 Å². The van der Waals surface area contributed by atoms with E-state index in [4.69, 9.17) is 18.6 Å². The third kappa shape index (κ3) is 4.28. The van der Waals surface area contributed by atoms with Crippen LogP contribution in [0.15, 0.2) is 69.9 Å². The number of rotatable bonds is 8. The molecule has 1 aromatic heterocycles. The molecule has 0 bridgehead atoms. The number of fused-ring (bicyclic) bond motifs is 2. The molecular weight excluding hydrogens is 477 g/mol. The van der Waals surface area contributed by atoms with Crippen LogP contribution in [0, 0.1) is 5.82 Å². The van der Waals surface area contributed by atoms with Gasteiger partial charge in [-0.3, -0.25) is 14.5 Å². The molecule has 8 heteroatoms. The Morgan fingerprint density at radius 3 is 2.43 bits per heavy atom. The third-order valence-electron chi connectivity index (χ3n) is 6.23. The number of hydrogen-bond donors (Lipinski definition) is 0. The second-order valence-electron chi connectivity index (χ2n) is 8.58. The van der Waals surface area contributed by atoms with Crippen LogP contribution in [0.2, 0.25) is 0 Å². The van der Waals surface area contributed by atoms with Gasteiger partial charge >= 0.3 is 0 Å². The van der Waals surface area contributed by atoms with Crippen LogP contribution in [0.5, 0.6) is 17.2 Å². The van der Waals surface area contributed by atoms with Gasteiger partial charge in [0, 0.05) is 5.69 Å². The number of carbonyl (C=O) groups excluding carboxylic acids is 1. The first kappa shape index (κ1) is 24.4. The van der Waals surface area contributed by atoms with Gasteiger partial charge in [0.2, 0.25) is 5.76 Å². The van der Waals surface area contributed by atoms with E-state index in [2.05, 4.69) is 0 Å². The summed E-state index contributed by atoms with van der Waals surface area (Å²) in [7, 11) is 1.55. The molecule has 0 fully saturated rings. The molecule has 0 saturated carbocycles. The third-order valence-corrected chi connectivity index (χ3v) is 6.23. The van der Waals surface area contributed by atoms with E-state index in [1.54, 1.807) is 49.6 Å². The standard InChI is InChI=1S/C29H26FNO6/c1-4-14-36-23-12-6-17(15-24(23)35-5-2)26-25-27(32)21-16-18(30)7-13-22(21)37-28(25)29(33)31(26)19-8-10-20(34-3)11-9-19/h6-13,15-16,26H,4-5,14H2,1-3H3. The second kappa shape index (κ2) is 9.97. The van der Waals surface area contributed by atoms with Gasteiger partial charge in [0.15, 0.2) is 16.9 Å². The second-order valence-corrected chi connectivity index (χ2v) is 8.58. The van der Waals surface area contributed by atoms with Crippen molar-refractivity contribution in [2.45, 2.75) is 26.3 Å². The molecule has 190 valence electrons. The summed E-state index contributed by atoms with van der Waals surface area (Å²) in [4.78, 5) is 29.0. The maximum Gasteiger partial charge on any atom is 0.295 e. The first-order valence-electron chi connectivity index (χ1n) is 12.1. The Morgan fingerprint density at radius 2 is 1.73 bits per heavy atom. The van der Waals surface area contributed by atoms with Crippen LogP contribution >= 0.6 is 0 Å². The fraction of sp³-hybridized carbons (Fsp3) is 0.241. The minimum absolute atomic E-state index is 0.0704. The predicted molar refractivity (Wildman–Crippen MR) is 137 cm³/mol. The predicted octanol–water partition coefficient (Wildman–Crippen LogP) is 5.88. The molecule has 0 N–H and O–H groups in total. The van der Waals surface area contributed by atoms with Crippen LogP contribution in [0.3, 0.4) is 0 Å². The molecule has 1 atom stereocenters. The lowest BCUT2D eigenvalue weighted by Gasteiger charge is -2.26. The molecule has 0 aliphatic carbocycles. The Kier molecular flexibility index (Phi) is 6.56. The number of carbonyl (C=O) groups is 1. The van der Waals surface area contributed by atoms with E-state index in [0.717, 1.165) is 12.5 Å². The maximum absolute atomic E-state index is 14.1. The van der Waals surface area contributed by atoms with Crippen LogP contribution in [-0.2, 0) is 0 Å². The normalized spacial score (nSPS) is 14.6. The molecule has 2 heterocycles. The molecule has 7 nitrogen and oxygen atoms in total. The smallest absolute Gasteiger partial charge is 0.295 e. The zero-order chi connectivity index (χ0) is 26.1. The summed E-state index contributed by atoms with van der Waals surface area (Å²) in [6.07, 6.45) is 0.827. The zero-order valence-electron chi connectivity index (χ0n) is 20.7. The highest BCUT2D eigenvalue weighted by atomic mass is 19.1. The topological polar surface area (TPSA) is 78.2 Å². The van der Waals surface area contributed by atoms with Gasteiger partial charge in [-0.2, -0.15) is 0 Å². The maximum atomic E-state index is 14.1. The highest BCUT2D eigenvalue weighted by Gasteiger charge is 2.44. The lowest BCUT2D eigenvalue weighted by atomic mass is 9.97. The lowest BCUT2D eigenvalue weighted by molar-refractivity contribution is 0.0971. The lowest BCUT2D eigenvalue weighted by Crippen LogP contribution is -2.29. The minimum Gasteiger partial charge on any atom is -0.497 e. The number of ether oxygens (including phenoxy) is 3. The largest absolute Gasteiger partial charge is 0.497 e. The highest BCUT2D eigenvalue weighted by molar-refractivity contribution is 6.10. The number of methoxy groups -OCH3 is 1. The van der Waals surface area contributed by atoms with Crippen molar-refractivity contribution >= 4 is 22.6 Å². The average Bonchev–Trinajstić information content (AvgIpc) is 3.21. The Morgan fingerprint density at radius 1 is 0.946 bits per heavy atom. The van der Waals surface area contributed by atoms with E-state index in [1.807, 2.05) is 13.8 Å². The summed E-state index contributed by atoms with van der Waals surface area (Å²) in [6, 6.07) is 15.1. The quantitative estimate of drug-likeness (QED) is 0.299. The van der Waals surface area contributed by atoms with Crippen molar-refractivity contribution in [3.8, 4) is 17.2 Å². The molecule has 1 amide bonds. The molecule has 1 aliphatic heterocycles. The zero-order valence-corrected chi connectivity index (χ0v) is 20.7. The minimum atomic E-state index is -0.834. The van der Waals surface area contributed by atoms with Crippen molar-refractivity contribution in [3.63, 3.8) is 0 Å². The molecule has 5 rings (SSSR count). The molecule has 4 aromatic rings. The van der Waals surface area contributed by atoms with Gasteiger partial charge in [-0.1, -0.05) is 13.0 Å². The van der Waals surface area contributed by atoms with Crippen LogP contribution in [0.1, 0.15) is 48.0 Å². The van der Waals surface area contributed by atoms with E-state index in [1.165, 1.54) is 17.0 Å². The first-order valence-corrected chi connectivity index (χ1v) is 12.1. The molecule has 0 spiro atoms. The molecular formula is C29H26FNO6. The van der Waals surface area contributed by atoms with E-state index < -0.39 is 23.2 Å².